The highest BCUT2D eigenvalue weighted by atomic mass is 19.4. The summed E-state index contributed by atoms with van der Waals surface area (Å²) >= 11 is 0. The van der Waals surface area contributed by atoms with E-state index in [9.17, 15) is 26.3 Å². The highest BCUT2D eigenvalue weighted by Gasteiger charge is 2.57. The number of nitrogens with zero attached hydrogens (tertiary/aromatic N) is 1. The van der Waals surface area contributed by atoms with Crippen LogP contribution >= 0.6 is 0 Å². The molecule has 0 saturated heterocycles. The van der Waals surface area contributed by atoms with Crippen molar-refractivity contribution in [1.82, 2.24) is 0 Å². The summed E-state index contributed by atoms with van der Waals surface area (Å²) in [6, 6.07) is 3.13. The van der Waals surface area contributed by atoms with Crippen LogP contribution in [0.15, 0.2) is 23.2 Å². The molecule has 10 heteroatoms. The van der Waals surface area contributed by atoms with Crippen LogP contribution in [0.25, 0.3) is 0 Å². The van der Waals surface area contributed by atoms with Crippen LogP contribution in [0.2, 0.25) is 0 Å². The van der Waals surface area contributed by atoms with Crippen molar-refractivity contribution in [2.24, 2.45) is 10.7 Å². The topological polar surface area (TPSA) is 59.6 Å². The lowest BCUT2D eigenvalue weighted by Crippen LogP contribution is -2.42. The van der Waals surface area contributed by atoms with Crippen molar-refractivity contribution in [3.8, 4) is 0 Å². The van der Waals surface area contributed by atoms with Crippen LogP contribution in [-0.2, 0) is 10.3 Å². The number of nitrogens with one attached hydrogen (secondary N) is 1. The maximum absolute atomic E-state index is 14.1. The molecule has 0 unspecified atom stereocenters. The SMILES string of the molecule is C[C@@]1(c2cc(NCC(F)(F)C(F)(F)F)ccc2F)COCC(N)=N1. The van der Waals surface area contributed by atoms with Gasteiger partial charge >= 0.3 is 12.1 Å². The van der Waals surface area contributed by atoms with Crippen molar-refractivity contribution >= 4 is 11.5 Å². The first-order valence-corrected chi connectivity index (χ1v) is 6.85. The Morgan fingerprint density at radius 3 is 2.54 bits per heavy atom. The molecule has 2 rings (SSSR count). The van der Waals surface area contributed by atoms with Crippen LogP contribution in [0.3, 0.4) is 0 Å². The summed E-state index contributed by atoms with van der Waals surface area (Å²) in [5, 5.41) is 1.97. The molecule has 0 spiro atoms. The van der Waals surface area contributed by atoms with Crippen molar-refractivity contribution in [2.75, 3.05) is 25.1 Å². The van der Waals surface area contributed by atoms with E-state index in [0.29, 0.717) is 0 Å². The zero-order valence-electron chi connectivity index (χ0n) is 12.6. The summed E-state index contributed by atoms with van der Waals surface area (Å²) in [6.07, 6.45) is -5.68. The smallest absolute Gasteiger partial charge is 0.386 e. The first-order chi connectivity index (χ1) is 10.9. The van der Waals surface area contributed by atoms with Gasteiger partial charge in [-0.1, -0.05) is 0 Å². The van der Waals surface area contributed by atoms with E-state index in [4.69, 9.17) is 10.5 Å². The van der Waals surface area contributed by atoms with Gasteiger partial charge in [-0.15, -0.1) is 0 Å². The molecular weight excluding hydrogens is 340 g/mol. The first kappa shape index (κ1) is 18.4. The third-order valence-corrected chi connectivity index (χ3v) is 3.50. The molecule has 1 aromatic rings. The zero-order valence-corrected chi connectivity index (χ0v) is 12.6. The molecule has 0 saturated carbocycles. The molecule has 0 amide bonds. The summed E-state index contributed by atoms with van der Waals surface area (Å²) < 4.78 is 81.7. The lowest BCUT2D eigenvalue weighted by atomic mass is 9.92. The minimum atomic E-state index is -5.68. The summed E-state index contributed by atoms with van der Waals surface area (Å²) in [5.74, 6) is -5.49. The molecule has 1 aliphatic rings. The average Bonchev–Trinajstić information content (AvgIpc) is 2.44. The maximum Gasteiger partial charge on any atom is 0.455 e. The number of amidine groups is 1. The number of anilines is 1. The Labute approximate surface area is 133 Å². The monoisotopic (exact) mass is 355 g/mol. The second-order valence-electron chi connectivity index (χ2n) is 5.62. The Hall–Kier alpha value is -1.97. The number of ether oxygens (including phenoxy) is 1. The highest BCUT2D eigenvalue weighted by molar-refractivity contribution is 5.82. The summed E-state index contributed by atoms with van der Waals surface area (Å²) in [5.41, 5.74) is 4.24. The third kappa shape index (κ3) is 3.74. The molecule has 4 nitrogen and oxygen atoms in total. The lowest BCUT2D eigenvalue weighted by molar-refractivity contribution is -0.275. The van der Waals surface area contributed by atoms with E-state index in [1.54, 1.807) is 0 Å². The number of benzene rings is 1. The van der Waals surface area contributed by atoms with Crippen LogP contribution in [-0.4, -0.2) is 37.7 Å². The van der Waals surface area contributed by atoms with Crippen molar-refractivity contribution in [2.45, 2.75) is 24.6 Å². The fourth-order valence-corrected chi connectivity index (χ4v) is 2.24. The fraction of sp³-hybridized carbons (Fsp3) is 0.500. The number of rotatable bonds is 4. The molecule has 1 atom stereocenters. The van der Waals surface area contributed by atoms with Gasteiger partial charge in [0.05, 0.1) is 13.2 Å². The molecule has 0 radical (unpaired) electrons. The largest absolute Gasteiger partial charge is 0.455 e. The van der Waals surface area contributed by atoms with Crippen molar-refractivity contribution in [3.05, 3.63) is 29.6 Å². The molecule has 0 aliphatic carbocycles. The van der Waals surface area contributed by atoms with Crippen LogP contribution in [0.4, 0.5) is 32.0 Å². The number of halogens is 6. The zero-order chi connectivity index (χ0) is 18.2. The van der Waals surface area contributed by atoms with Crippen molar-refractivity contribution < 1.29 is 31.1 Å². The summed E-state index contributed by atoms with van der Waals surface area (Å²) in [7, 11) is 0. The van der Waals surface area contributed by atoms with Gasteiger partial charge in [-0.3, -0.25) is 4.99 Å². The van der Waals surface area contributed by atoms with Gasteiger partial charge in [0.1, 0.15) is 23.8 Å². The van der Waals surface area contributed by atoms with Crippen molar-refractivity contribution in [3.63, 3.8) is 0 Å². The van der Waals surface area contributed by atoms with E-state index in [1.807, 2.05) is 5.32 Å². The molecule has 0 fully saturated rings. The summed E-state index contributed by atoms with van der Waals surface area (Å²) in [6.45, 7) is -0.0779. The molecule has 1 heterocycles. The first-order valence-electron chi connectivity index (χ1n) is 6.85. The normalized spacial score (nSPS) is 22.2. The minimum Gasteiger partial charge on any atom is -0.386 e. The standard InChI is InChI=1S/C14H15F6N3O/c1-12(7-24-5-11(21)23-12)9-4-8(2-3-10(9)15)22-6-13(16,17)14(18,19)20/h2-4,22H,5-7H2,1H3,(H2,21,23)/t12-/m0/s1. The van der Waals surface area contributed by atoms with Gasteiger partial charge in [-0.2, -0.15) is 22.0 Å². The van der Waals surface area contributed by atoms with Gasteiger partial charge in [0, 0.05) is 11.3 Å². The molecule has 3 N–H and O–H groups in total. The Balaban J connectivity index is 2.25. The lowest BCUT2D eigenvalue weighted by Gasteiger charge is -2.30. The number of hydrogen-bond acceptors (Lipinski definition) is 4. The molecule has 0 aromatic heterocycles. The van der Waals surface area contributed by atoms with Gasteiger partial charge in [-0.05, 0) is 25.1 Å². The maximum atomic E-state index is 14.1. The predicted octanol–water partition coefficient (Wildman–Crippen LogP) is 3.04. The Morgan fingerprint density at radius 1 is 1.29 bits per heavy atom. The molecular formula is C14H15F6N3O. The quantitative estimate of drug-likeness (QED) is 0.817. The van der Waals surface area contributed by atoms with Crippen molar-refractivity contribution in [1.29, 1.82) is 0 Å². The Kier molecular flexibility index (Phi) is 4.71. The second kappa shape index (κ2) is 6.15. The molecule has 0 bridgehead atoms. The van der Waals surface area contributed by atoms with E-state index in [2.05, 4.69) is 4.99 Å². The molecule has 1 aromatic carbocycles. The fourth-order valence-electron chi connectivity index (χ4n) is 2.24. The van der Waals surface area contributed by atoms with Crippen LogP contribution in [0.5, 0.6) is 0 Å². The second-order valence-corrected chi connectivity index (χ2v) is 5.62. The van der Waals surface area contributed by atoms with Gasteiger partial charge in [0.15, 0.2) is 0 Å². The number of hydrogen-bond donors (Lipinski definition) is 2. The number of aliphatic imine (C=N–C) groups is 1. The van der Waals surface area contributed by atoms with Crippen LogP contribution in [0.1, 0.15) is 12.5 Å². The molecule has 1 aliphatic heterocycles. The number of nitrogens with two attached hydrogens (primary N) is 1. The molecule has 24 heavy (non-hydrogen) atoms. The highest BCUT2D eigenvalue weighted by Crippen LogP contribution is 2.36. The summed E-state index contributed by atoms with van der Waals surface area (Å²) in [4.78, 5) is 4.11. The third-order valence-electron chi connectivity index (χ3n) is 3.50. The van der Waals surface area contributed by atoms with Gasteiger partial charge < -0.3 is 15.8 Å². The van der Waals surface area contributed by atoms with Crippen LogP contribution < -0.4 is 11.1 Å². The Morgan fingerprint density at radius 2 is 1.96 bits per heavy atom. The van der Waals surface area contributed by atoms with Gasteiger partial charge in [0.2, 0.25) is 0 Å². The number of alkyl halides is 5. The van der Waals surface area contributed by atoms with E-state index in [-0.39, 0.29) is 30.3 Å². The molecule has 134 valence electrons. The van der Waals surface area contributed by atoms with E-state index >= 15 is 0 Å². The van der Waals surface area contributed by atoms with E-state index in [1.165, 1.54) is 6.92 Å². The Bertz CT molecular complexity index is 646. The average molecular weight is 355 g/mol. The van der Waals surface area contributed by atoms with E-state index in [0.717, 1.165) is 18.2 Å². The van der Waals surface area contributed by atoms with Gasteiger partial charge in [0.25, 0.3) is 0 Å². The predicted molar refractivity (Wildman–Crippen MR) is 75.7 cm³/mol. The minimum absolute atomic E-state index is 0.00716. The van der Waals surface area contributed by atoms with Gasteiger partial charge in [-0.25, -0.2) is 4.39 Å². The van der Waals surface area contributed by atoms with E-state index < -0.39 is 30.0 Å². The van der Waals surface area contributed by atoms with Crippen LogP contribution in [0, 0.1) is 5.82 Å².